The highest BCUT2D eigenvalue weighted by Gasteiger charge is 2.22. The molecule has 0 radical (unpaired) electrons. The van der Waals surface area contributed by atoms with Gasteiger partial charge < -0.3 is 20.3 Å². The summed E-state index contributed by atoms with van der Waals surface area (Å²) in [4.78, 5) is 18.1. The van der Waals surface area contributed by atoms with E-state index in [0.29, 0.717) is 29.5 Å². The number of hydrogen-bond acceptors (Lipinski definition) is 7. The molecule has 1 atom stereocenters. The number of nitrogens with zero attached hydrogens (tertiary/aromatic N) is 4. The minimum absolute atomic E-state index is 0.193. The monoisotopic (exact) mass is 499 g/mol. The molecule has 2 aromatic carbocycles. The fourth-order valence-corrected chi connectivity index (χ4v) is 4.89. The average Bonchev–Trinajstić information content (AvgIpc) is 3.28. The molecule has 0 bridgehead atoms. The Morgan fingerprint density at radius 1 is 1.19 bits per heavy atom. The molecule has 2 aromatic heterocycles. The predicted molar refractivity (Wildman–Crippen MR) is 144 cm³/mol. The second-order valence-electron chi connectivity index (χ2n) is 9.52. The summed E-state index contributed by atoms with van der Waals surface area (Å²) in [5.41, 5.74) is 4.09. The van der Waals surface area contributed by atoms with E-state index < -0.39 is 5.97 Å². The van der Waals surface area contributed by atoms with Gasteiger partial charge in [0.1, 0.15) is 25.2 Å². The maximum Gasteiger partial charge on any atom is 0.341 e. The van der Waals surface area contributed by atoms with Crippen LogP contribution < -0.4 is 15.5 Å². The molecule has 0 spiro atoms. The highest BCUT2D eigenvalue weighted by Crippen LogP contribution is 2.30. The summed E-state index contributed by atoms with van der Waals surface area (Å²) in [6.07, 6.45) is 3.99. The highest BCUT2D eigenvalue weighted by atomic mass is 16.5. The summed E-state index contributed by atoms with van der Waals surface area (Å²) in [5.74, 6) is 1.09. The molecule has 1 saturated heterocycles. The van der Waals surface area contributed by atoms with Crippen molar-refractivity contribution in [1.29, 1.82) is 0 Å². The lowest BCUT2D eigenvalue weighted by Gasteiger charge is -2.33. The average molecular weight is 499 g/mol. The van der Waals surface area contributed by atoms with Gasteiger partial charge in [0.15, 0.2) is 12.3 Å². The molecular formula is C27H30BN5O4. The number of aromatic hydroxyl groups is 1. The minimum Gasteiger partial charge on any atom is -0.507 e. The number of phenolic OH excluding ortho intramolecular Hbond substituents is 1. The summed E-state index contributed by atoms with van der Waals surface area (Å²) < 4.78 is 7.31. The van der Waals surface area contributed by atoms with Crippen molar-refractivity contribution in [2.45, 2.75) is 19.4 Å². The molecule has 3 N–H and O–H groups in total. The molecule has 5 rings (SSSR count). The van der Waals surface area contributed by atoms with Crippen molar-refractivity contribution in [2.75, 3.05) is 31.6 Å². The zero-order chi connectivity index (χ0) is 25.8. The Morgan fingerprint density at radius 2 is 2.00 bits per heavy atom. The van der Waals surface area contributed by atoms with Crippen LogP contribution in [-0.2, 0) is 11.3 Å². The lowest BCUT2D eigenvalue weighted by atomic mass is 9.97. The van der Waals surface area contributed by atoms with E-state index >= 15 is 0 Å². The summed E-state index contributed by atoms with van der Waals surface area (Å²) in [6, 6.07) is 16.8. The van der Waals surface area contributed by atoms with Crippen molar-refractivity contribution in [1.82, 2.24) is 19.5 Å². The normalized spacial score (nSPS) is 16.1. The molecule has 37 heavy (non-hydrogen) atoms. The third-order valence-electron chi connectivity index (χ3n) is 6.72. The van der Waals surface area contributed by atoms with Crippen molar-refractivity contribution in [2.24, 2.45) is 5.92 Å². The third kappa shape index (κ3) is 5.70. The Kier molecular flexibility index (Phi) is 7.27. The quantitative estimate of drug-likeness (QED) is 0.301. The van der Waals surface area contributed by atoms with Gasteiger partial charge in [0.2, 0.25) is 0 Å². The minimum atomic E-state index is -0.984. The number of likely N-dealkylation sites (tertiary alicyclic amines) is 1. The van der Waals surface area contributed by atoms with Crippen LogP contribution in [-0.4, -0.2) is 69.8 Å². The van der Waals surface area contributed by atoms with E-state index in [1.807, 2.05) is 54.8 Å². The van der Waals surface area contributed by atoms with Crippen molar-refractivity contribution < 1.29 is 19.7 Å². The number of aromatic nitrogens is 3. The Hall–Kier alpha value is -4.05. The number of hydrogen-bond donors (Lipinski definition) is 3. The van der Waals surface area contributed by atoms with Crippen LogP contribution in [0.3, 0.4) is 0 Å². The molecule has 10 heteroatoms. The number of aliphatic carboxylic acids is 1. The second kappa shape index (κ2) is 10.9. The Labute approximate surface area is 216 Å². The number of carboxylic acid groups (broad SMARTS) is 1. The maximum absolute atomic E-state index is 10.9. The molecular weight excluding hydrogens is 469 g/mol. The van der Waals surface area contributed by atoms with Crippen molar-refractivity contribution >= 4 is 30.7 Å². The van der Waals surface area contributed by atoms with Gasteiger partial charge in [0.05, 0.1) is 5.69 Å². The molecule has 3 heterocycles. The van der Waals surface area contributed by atoms with E-state index in [0.717, 1.165) is 55.0 Å². The summed E-state index contributed by atoms with van der Waals surface area (Å²) in [5, 5.41) is 27.5. The number of carboxylic acids is 1. The van der Waals surface area contributed by atoms with Gasteiger partial charge in [-0.2, -0.15) is 9.61 Å². The van der Waals surface area contributed by atoms with Crippen LogP contribution in [0, 0.1) is 5.92 Å². The number of carbonyl (C=O) groups is 1. The van der Waals surface area contributed by atoms with Gasteiger partial charge >= 0.3 is 5.97 Å². The number of phenols is 1. The van der Waals surface area contributed by atoms with Crippen LogP contribution >= 0.6 is 0 Å². The number of piperidine rings is 1. The Balaban J connectivity index is 1.29. The van der Waals surface area contributed by atoms with Gasteiger partial charge in [0.25, 0.3) is 0 Å². The summed E-state index contributed by atoms with van der Waals surface area (Å²) in [7, 11) is 1.98. The number of ether oxygens (including phenoxy) is 1. The molecule has 0 amide bonds. The van der Waals surface area contributed by atoms with Crippen LogP contribution in [0.5, 0.6) is 11.5 Å². The number of fused-ring (bicyclic) bond motifs is 1. The van der Waals surface area contributed by atoms with Crippen LogP contribution in [0.4, 0.5) is 5.82 Å². The van der Waals surface area contributed by atoms with Crippen molar-refractivity contribution in [3.05, 3.63) is 66.4 Å². The molecule has 9 nitrogen and oxygen atoms in total. The molecule has 1 unspecified atom stereocenters. The number of benzene rings is 2. The molecule has 1 aliphatic heterocycles. The van der Waals surface area contributed by atoms with Gasteiger partial charge in [-0.15, -0.1) is 0 Å². The van der Waals surface area contributed by atoms with E-state index in [9.17, 15) is 9.90 Å². The fourth-order valence-electron chi connectivity index (χ4n) is 4.89. The number of para-hydroxylation sites is 2. The van der Waals surface area contributed by atoms with E-state index in [-0.39, 0.29) is 12.4 Å². The summed E-state index contributed by atoms with van der Waals surface area (Å²) >= 11 is 0. The van der Waals surface area contributed by atoms with E-state index in [2.05, 4.69) is 15.3 Å². The Bertz CT molecular complexity index is 1410. The molecule has 0 aliphatic carbocycles. The summed E-state index contributed by atoms with van der Waals surface area (Å²) in [6.45, 7) is 3.03. The zero-order valence-electron chi connectivity index (χ0n) is 20.8. The van der Waals surface area contributed by atoms with Crippen molar-refractivity contribution in [3.8, 4) is 22.8 Å². The van der Waals surface area contributed by atoms with Crippen LogP contribution in [0.25, 0.3) is 16.9 Å². The lowest BCUT2D eigenvalue weighted by molar-refractivity contribution is -0.139. The smallest absolute Gasteiger partial charge is 0.341 e. The standard InChI is InChI=1S/C27H30BN5O4/c28-21-14-30-33-25(12-22(31-27(21)33)20-8-2-3-9-23(20)34)29-13-18-6-5-11-32(15-18)16-19-7-1-4-10-24(19)37-17-26(35)36/h1-4,7-10,12,14,18,29,34H,5-6,11,13,15-17,28H2,(H,35,36). The van der Waals surface area contributed by atoms with Gasteiger partial charge in [-0.1, -0.05) is 30.3 Å². The number of anilines is 1. The first kappa shape index (κ1) is 24.6. The van der Waals surface area contributed by atoms with Crippen LogP contribution in [0.1, 0.15) is 18.4 Å². The first-order valence-corrected chi connectivity index (χ1v) is 12.5. The maximum atomic E-state index is 10.9. The molecule has 1 aliphatic rings. The predicted octanol–water partition coefficient (Wildman–Crippen LogP) is 2.15. The van der Waals surface area contributed by atoms with E-state index in [1.165, 1.54) is 0 Å². The zero-order valence-corrected chi connectivity index (χ0v) is 20.8. The fraction of sp³-hybridized carbons (Fsp3) is 0.296. The van der Waals surface area contributed by atoms with Gasteiger partial charge in [-0.05, 0) is 49.0 Å². The lowest BCUT2D eigenvalue weighted by Crippen LogP contribution is -2.37. The van der Waals surface area contributed by atoms with E-state index in [4.69, 9.17) is 14.8 Å². The largest absolute Gasteiger partial charge is 0.507 e. The van der Waals surface area contributed by atoms with Crippen LogP contribution in [0.15, 0.2) is 60.8 Å². The number of nitrogens with one attached hydrogen (secondary N) is 1. The van der Waals surface area contributed by atoms with Crippen molar-refractivity contribution in [3.63, 3.8) is 0 Å². The molecule has 4 aromatic rings. The number of rotatable bonds is 9. The van der Waals surface area contributed by atoms with Crippen LogP contribution in [0.2, 0.25) is 0 Å². The topological polar surface area (TPSA) is 112 Å². The van der Waals surface area contributed by atoms with E-state index in [1.54, 1.807) is 18.3 Å². The SMILES string of the molecule is Bc1cnn2c(NCC3CCCN(Cc4ccccc4OCC(=O)O)C3)cc(-c3ccccc3O)nc12. The van der Waals surface area contributed by atoms with Gasteiger partial charge in [-0.25, -0.2) is 9.78 Å². The van der Waals surface area contributed by atoms with Gasteiger partial charge in [0, 0.05) is 43.0 Å². The third-order valence-corrected chi connectivity index (χ3v) is 6.72. The molecule has 1 fully saturated rings. The molecule has 0 saturated carbocycles. The first-order valence-electron chi connectivity index (χ1n) is 12.5. The second-order valence-corrected chi connectivity index (χ2v) is 9.52. The molecule has 190 valence electrons. The Morgan fingerprint density at radius 3 is 2.84 bits per heavy atom. The highest BCUT2D eigenvalue weighted by molar-refractivity contribution is 6.36. The van der Waals surface area contributed by atoms with Gasteiger partial charge in [-0.3, -0.25) is 4.90 Å². The first-order chi connectivity index (χ1) is 18.0.